The molecule has 0 nitrogen and oxygen atoms in total. The molecule has 0 N–H and O–H groups in total. The largest absolute Gasteiger partial charge is 0.115 e. The van der Waals surface area contributed by atoms with Crippen LogP contribution in [0, 0.1) is 24.7 Å². The molecule has 0 aliphatic rings. The molecule has 90 valence electrons. The third kappa shape index (κ3) is 1.23. The van der Waals surface area contributed by atoms with Crippen LogP contribution in [0.5, 0.6) is 0 Å². The fourth-order valence-electron chi connectivity index (χ4n) is 3.08. The number of hydrogen-bond acceptors (Lipinski definition) is 0. The number of benzene rings is 4. The highest BCUT2D eigenvalue weighted by atomic mass is 14.1. The summed E-state index contributed by atoms with van der Waals surface area (Å²) in [6.45, 7) is 0. The van der Waals surface area contributed by atoms with E-state index in [0.29, 0.717) is 0 Å². The molecular weight excluding hydrogens is 240 g/mol. The Labute approximate surface area is 117 Å². The van der Waals surface area contributed by atoms with E-state index >= 15 is 0 Å². The zero-order chi connectivity index (χ0) is 13.7. The molecule has 0 radical (unpaired) electrons. The Kier molecular flexibility index (Phi) is 2.06. The summed E-state index contributed by atoms with van der Waals surface area (Å²) in [6.07, 6.45) is 11.3. The first-order valence-electron chi connectivity index (χ1n) is 6.47. The molecular formula is C20H10. The standard InChI is InChI=1S/C20H10/c1-3-13-12-16-9-8-14-6-5-7-15-10-11-18(17(13)4-2)20(16)19(14)15/h1-2,5-12H. The van der Waals surface area contributed by atoms with E-state index in [1.165, 1.54) is 21.5 Å². The van der Waals surface area contributed by atoms with Crippen molar-refractivity contribution in [3.05, 3.63) is 59.7 Å². The fraction of sp³-hybridized carbons (Fsp3) is 0. The lowest BCUT2D eigenvalue weighted by Gasteiger charge is -2.13. The van der Waals surface area contributed by atoms with Crippen LogP contribution < -0.4 is 0 Å². The third-order valence-electron chi connectivity index (χ3n) is 3.95. The van der Waals surface area contributed by atoms with Gasteiger partial charge in [-0.3, -0.25) is 0 Å². The first-order chi connectivity index (χ1) is 9.83. The fourth-order valence-corrected chi connectivity index (χ4v) is 3.08. The van der Waals surface area contributed by atoms with Gasteiger partial charge in [0.25, 0.3) is 0 Å². The van der Waals surface area contributed by atoms with Crippen LogP contribution in [-0.2, 0) is 0 Å². The molecule has 0 heteroatoms. The highest BCUT2D eigenvalue weighted by Crippen LogP contribution is 2.36. The van der Waals surface area contributed by atoms with Gasteiger partial charge in [0, 0.05) is 11.1 Å². The summed E-state index contributed by atoms with van der Waals surface area (Å²) in [4.78, 5) is 0. The van der Waals surface area contributed by atoms with Crippen LogP contribution in [0.2, 0.25) is 0 Å². The maximum absolute atomic E-state index is 5.68. The number of terminal acetylenes is 2. The summed E-state index contributed by atoms with van der Waals surface area (Å²) in [7, 11) is 0. The second-order valence-electron chi connectivity index (χ2n) is 4.94. The maximum atomic E-state index is 5.68. The second kappa shape index (κ2) is 3.77. The first kappa shape index (κ1) is 10.9. The van der Waals surface area contributed by atoms with Crippen molar-refractivity contribution in [2.24, 2.45) is 0 Å². The predicted molar refractivity (Wildman–Crippen MR) is 86.0 cm³/mol. The molecule has 0 aromatic heterocycles. The van der Waals surface area contributed by atoms with Crippen molar-refractivity contribution in [3.8, 4) is 24.7 Å². The van der Waals surface area contributed by atoms with Crippen molar-refractivity contribution < 1.29 is 0 Å². The minimum Gasteiger partial charge on any atom is -0.115 e. The van der Waals surface area contributed by atoms with E-state index in [2.05, 4.69) is 54.3 Å². The SMILES string of the molecule is C#Cc1cc2ccc3cccc4ccc(c1C#C)c2c34. The van der Waals surface area contributed by atoms with Crippen molar-refractivity contribution in [3.63, 3.8) is 0 Å². The molecule has 4 rings (SSSR count). The van der Waals surface area contributed by atoms with Gasteiger partial charge in [0.15, 0.2) is 0 Å². The molecule has 0 spiro atoms. The summed E-state index contributed by atoms with van der Waals surface area (Å²) in [6, 6.07) is 16.8. The van der Waals surface area contributed by atoms with Gasteiger partial charge in [0.1, 0.15) is 0 Å². The highest BCUT2D eigenvalue weighted by molar-refractivity contribution is 6.24. The van der Waals surface area contributed by atoms with Crippen molar-refractivity contribution in [2.75, 3.05) is 0 Å². The quantitative estimate of drug-likeness (QED) is 0.317. The molecule has 0 bridgehead atoms. The van der Waals surface area contributed by atoms with Crippen molar-refractivity contribution in [1.82, 2.24) is 0 Å². The van der Waals surface area contributed by atoms with Crippen LogP contribution in [0.4, 0.5) is 0 Å². The molecule has 0 saturated heterocycles. The zero-order valence-electron chi connectivity index (χ0n) is 10.8. The Morgan fingerprint density at radius 1 is 0.700 bits per heavy atom. The molecule has 0 fully saturated rings. The Morgan fingerprint density at radius 2 is 1.40 bits per heavy atom. The molecule has 0 heterocycles. The van der Waals surface area contributed by atoms with Crippen LogP contribution in [0.3, 0.4) is 0 Å². The molecule has 4 aromatic rings. The van der Waals surface area contributed by atoms with Gasteiger partial charge in [-0.25, -0.2) is 0 Å². The predicted octanol–water partition coefficient (Wildman–Crippen LogP) is 4.55. The minimum absolute atomic E-state index is 0.790. The van der Waals surface area contributed by atoms with E-state index in [9.17, 15) is 0 Å². The van der Waals surface area contributed by atoms with Gasteiger partial charge >= 0.3 is 0 Å². The Morgan fingerprint density at radius 3 is 2.10 bits per heavy atom. The molecule has 0 aliphatic heterocycles. The van der Waals surface area contributed by atoms with Gasteiger partial charge in [0.05, 0.1) is 0 Å². The van der Waals surface area contributed by atoms with E-state index in [4.69, 9.17) is 12.8 Å². The Hall–Kier alpha value is -2.96. The monoisotopic (exact) mass is 250 g/mol. The van der Waals surface area contributed by atoms with Crippen molar-refractivity contribution in [2.45, 2.75) is 0 Å². The first-order valence-corrected chi connectivity index (χ1v) is 6.47. The molecule has 0 atom stereocenters. The van der Waals surface area contributed by atoms with Crippen molar-refractivity contribution in [1.29, 1.82) is 0 Å². The van der Waals surface area contributed by atoms with E-state index < -0.39 is 0 Å². The maximum Gasteiger partial charge on any atom is 0.0478 e. The Balaban J connectivity index is 2.42. The normalized spacial score (nSPS) is 10.9. The van der Waals surface area contributed by atoms with Gasteiger partial charge in [-0.1, -0.05) is 54.3 Å². The average molecular weight is 250 g/mol. The highest BCUT2D eigenvalue weighted by Gasteiger charge is 2.12. The molecule has 0 saturated carbocycles. The molecule has 0 amide bonds. The van der Waals surface area contributed by atoms with E-state index in [0.717, 1.165) is 21.9 Å². The lowest BCUT2D eigenvalue weighted by molar-refractivity contribution is 1.68. The molecule has 4 aromatic carbocycles. The summed E-state index contributed by atoms with van der Waals surface area (Å²) in [5, 5.41) is 7.17. The van der Waals surface area contributed by atoms with Crippen molar-refractivity contribution >= 4 is 32.3 Å². The zero-order valence-corrected chi connectivity index (χ0v) is 10.8. The lowest BCUT2D eigenvalue weighted by atomic mass is 9.90. The van der Waals surface area contributed by atoms with Gasteiger partial charge in [-0.2, -0.15) is 0 Å². The molecule has 0 unspecified atom stereocenters. The van der Waals surface area contributed by atoms with Crippen LogP contribution >= 0.6 is 0 Å². The smallest absolute Gasteiger partial charge is 0.0478 e. The summed E-state index contributed by atoms with van der Waals surface area (Å²) >= 11 is 0. The number of rotatable bonds is 0. The summed E-state index contributed by atoms with van der Waals surface area (Å²) in [5.74, 6) is 5.46. The Bertz CT molecular complexity index is 1040. The van der Waals surface area contributed by atoms with Crippen LogP contribution in [-0.4, -0.2) is 0 Å². The van der Waals surface area contributed by atoms with E-state index in [-0.39, 0.29) is 0 Å². The van der Waals surface area contributed by atoms with Crippen LogP contribution in [0.15, 0.2) is 48.5 Å². The summed E-state index contributed by atoms with van der Waals surface area (Å²) < 4.78 is 0. The second-order valence-corrected chi connectivity index (χ2v) is 4.94. The minimum atomic E-state index is 0.790. The number of hydrogen-bond donors (Lipinski definition) is 0. The molecule has 20 heavy (non-hydrogen) atoms. The lowest BCUT2D eigenvalue weighted by Crippen LogP contribution is -1.90. The van der Waals surface area contributed by atoms with Gasteiger partial charge < -0.3 is 0 Å². The topological polar surface area (TPSA) is 0 Å². The average Bonchev–Trinajstić information content (AvgIpc) is 2.51. The van der Waals surface area contributed by atoms with Crippen LogP contribution in [0.1, 0.15) is 11.1 Å². The third-order valence-corrected chi connectivity index (χ3v) is 3.95. The van der Waals surface area contributed by atoms with E-state index in [1.54, 1.807) is 0 Å². The van der Waals surface area contributed by atoms with Crippen LogP contribution in [0.25, 0.3) is 32.3 Å². The van der Waals surface area contributed by atoms with E-state index in [1.807, 2.05) is 6.07 Å². The molecule has 0 aliphatic carbocycles. The van der Waals surface area contributed by atoms with Gasteiger partial charge in [0.2, 0.25) is 0 Å². The van der Waals surface area contributed by atoms with Gasteiger partial charge in [-0.05, 0) is 38.4 Å². The van der Waals surface area contributed by atoms with Gasteiger partial charge in [-0.15, -0.1) is 12.8 Å². The summed E-state index contributed by atoms with van der Waals surface area (Å²) in [5.41, 5.74) is 1.61.